The summed E-state index contributed by atoms with van der Waals surface area (Å²) >= 11 is 0. The quantitative estimate of drug-likeness (QED) is 0.866. The Balaban J connectivity index is 1.85. The van der Waals surface area contributed by atoms with Crippen LogP contribution in [-0.2, 0) is 16.1 Å². The van der Waals surface area contributed by atoms with Crippen molar-refractivity contribution >= 4 is 12.1 Å². The van der Waals surface area contributed by atoms with Crippen LogP contribution in [0.2, 0.25) is 0 Å². The number of aliphatic carboxylic acids is 1. The van der Waals surface area contributed by atoms with Crippen LogP contribution >= 0.6 is 0 Å². The van der Waals surface area contributed by atoms with Crippen molar-refractivity contribution in [2.24, 2.45) is 5.92 Å². The van der Waals surface area contributed by atoms with Crippen LogP contribution in [0, 0.1) is 5.92 Å². The third kappa shape index (κ3) is 4.73. The molecule has 1 fully saturated rings. The summed E-state index contributed by atoms with van der Waals surface area (Å²) in [6.45, 7) is 1.82. The highest BCUT2D eigenvalue weighted by Gasteiger charge is 2.32. The summed E-state index contributed by atoms with van der Waals surface area (Å²) in [6, 6.07) is 8.39. The summed E-state index contributed by atoms with van der Waals surface area (Å²) in [6.07, 6.45) is 0.828. The predicted molar refractivity (Wildman–Crippen MR) is 81.4 cm³/mol. The van der Waals surface area contributed by atoms with Crippen LogP contribution < -0.4 is 5.32 Å². The lowest BCUT2D eigenvalue weighted by atomic mass is 9.89. The van der Waals surface area contributed by atoms with Crippen LogP contribution in [0.4, 0.5) is 4.79 Å². The summed E-state index contributed by atoms with van der Waals surface area (Å²) in [4.78, 5) is 25.4. The van der Waals surface area contributed by atoms with Gasteiger partial charge in [0, 0.05) is 0 Å². The molecular weight excluding hydrogens is 284 g/mol. The zero-order chi connectivity index (χ0) is 15.9. The van der Waals surface area contributed by atoms with E-state index in [1.54, 1.807) is 0 Å². The van der Waals surface area contributed by atoms with Gasteiger partial charge in [-0.25, -0.2) is 9.59 Å². The maximum Gasteiger partial charge on any atom is 0.408 e. The molecule has 1 heterocycles. The number of carbonyl (C=O) groups excluding carboxylic acids is 1. The minimum atomic E-state index is -1.01. The monoisotopic (exact) mass is 306 g/mol. The fraction of sp³-hybridized carbons (Fsp3) is 0.500. The van der Waals surface area contributed by atoms with Crippen LogP contribution in [0.3, 0.4) is 0 Å². The number of carbonyl (C=O) groups is 2. The molecule has 1 aliphatic heterocycles. The summed E-state index contributed by atoms with van der Waals surface area (Å²) < 4.78 is 5.10. The van der Waals surface area contributed by atoms with E-state index < -0.39 is 18.1 Å². The summed E-state index contributed by atoms with van der Waals surface area (Å²) in [7, 11) is 2.01. The van der Waals surface area contributed by atoms with Gasteiger partial charge in [-0.15, -0.1) is 0 Å². The number of amides is 1. The van der Waals surface area contributed by atoms with Gasteiger partial charge in [-0.1, -0.05) is 30.3 Å². The fourth-order valence-corrected chi connectivity index (χ4v) is 2.63. The normalized spacial score (nSPS) is 17.7. The van der Waals surface area contributed by atoms with E-state index in [0.717, 1.165) is 31.5 Å². The first kappa shape index (κ1) is 16.3. The largest absolute Gasteiger partial charge is 0.480 e. The van der Waals surface area contributed by atoms with Gasteiger partial charge in [0.25, 0.3) is 0 Å². The molecule has 0 radical (unpaired) electrons. The van der Waals surface area contributed by atoms with Crippen molar-refractivity contribution in [2.75, 3.05) is 20.1 Å². The lowest BCUT2D eigenvalue weighted by Crippen LogP contribution is -2.49. The van der Waals surface area contributed by atoms with Crippen molar-refractivity contribution in [1.82, 2.24) is 10.2 Å². The fourth-order valence-electron chi connectivity index (χ4n) is 2.63. The molecule has 120 valence electrons. The van der Waals surface area contributed by atoms with Gasteiger partial charge in [-0.3, -0.25) is 0 Å². The number of hydrogen-bond acceptors (Lipinski definition) is 4. The molecule has 6 heteroatoms. The van der Waals surface area contributed by atoms with E-state index in [-0.39, 0.29) is 12.5 Å². The second kappa shape index (κ2) is 7.79. The lowest BCUT2D eigenvalue weighted by Gasteiger charge is -2.32. The Hall–Kier alpha value is -2.08. The molecule has 1 atom stereocenters. The second-order valence-corrected chi connectivity index (χ2v) is 5.66. The van der Waals surface area contributed by atoms with Crippen molar-refractivity contribution in [1.29, 1.82) is 0 Å². The molecule has 1 saturated heterocycles. The first-order chi connectivity index (χ1) is 10.6. The zero-order valence-corrected chi connectivity index (χ0v) is 12.7. The number of piperidine rings is 1. The highest BCUT2D eigenvalue weighted by Crippen LogP contribution is 2.20. The SMILES string of the molecule is CN1CCC(C(NC(=O)OCc2ccccc2)C(=O)O)CC1. The second-order valence-electron chi connectivity index (χ2n) is 5.66. The van der Waals surface area contributed by atoms with Gasteiger partial charge in [0.15, 0.2) is 0 Å². The van der Waals surface area contributed by atoms with Gasteiger partial charge >= 0.3 is 12.1 Å². The zero-order valence-electron chi connectivity index (χ0n) is 12.7. The molecule has 6 nitrogen and oxygen atoms in total. The lowest BCUT2D eigenvalue weighted by molar-refractivity contribution is -0.141. The Morgan fingerprint density at radius 2 is 1.95 bits per heavy atom. The third-order valence-electron chi connectivity index (χ3n) is 3.99. The minimum absolute atomic E-state index is 0.0574. The average molecular weight is 306 g/mol. The smallest absolute Gasteiger partial charge is 0.408 e. The molecule has 2 N–H and O–H groups in total. The molecule has 0 saturated carbocycles. The van der Waals surface area contributed by atoms with Gasteiger partial charge in [-0.05, 0) is 44.5 Å². The molecule has 0 bridgehead atoms. The number of carboxylic acid groups (broad SMARTS) is 1. The van der Waals surface area contributed by atoms with Crippen molar-refractivity contribution in [2.45, 2.75) is 25.5 Å². The molecule has 0 spiro atoms. The molecule has 1 aromatic rings. The van der Waals surface area contributed by atoms with E-state index in [1.165, 1.54) is 0 Å². The maximum absolute atomic E-state index is 11.8. The van der Waals surface area contributed by atoms with E-state index in [9.17, 15) is 14.7 Å². The topological polar surface area (TPSA) is 78.9 Å². The summed E-state index contributed by atoms with van der Waals surface area (Å²) in [5.74, 6) is -1.07. The number of hydrogen-bond donors (Lipinski definition) is 2. The number of likely N-dealkylation sites (tertiary alicyclic amines) is 1. The minimum Gasteiger partial charge on any atom is -0.480 e. The first-order valence-corrected chi connectivity index (χ1v) is 7.45. The number of nitrogens with one attached hydrogen (secondary N) is 1. The number of carboxylic acids is 1. The Morgan fingerprint density at radius 3 is 2.55 bits per heavy atom. The van der Waals surface area contributed by atoms with Crippen LogP contribution in [0.25, 0.3) is 0 Å². The van der Waals surface area contributed by atoms with E-state index in [1.807, 2.05) is 37.4 Å². The Kier molecular flexibility index (Phi) is 5.77. The highest BCUT2D eigenvalue weighted by atomic mass is 16.5. The van der Waals surface area contributed by atoms with Crippen LogP contribution in [-0.4, -0.2) is 48.2 Å². The predicted octanol–water partition coefficient (Wildman–Crippen LogP) is 1.71. The molecule has 22 heavy (non-hydrogen) atoms. The van der Waals surface area contributed by atoms with Crippen molar-refractivity contribution in [3.05, 3.63) is 35.9 Å². The van der Waals surface area contributed by atoms with Gasteiger partial charge in [0.05, 0.1) is 0 Å². The maximum atomic E-state index is 11.8. The van der Waals surface area contributed by atoms with Gasteiger partial charge < -0.3 is 20.1 Å². The van der Waals surface area contributed by atoms with E-state index >= 15 is 0 Å². The molecule has 0 aromatic heterocycles. The number of nitrogens with zero attached hydrogens (tertiary/aromatic N) is 1. The van der Waals surface area contributed by atoms with Crippen LogP contribution in [0.1, 0.15) is 18.4 Å². The number of rotatable bonds is 5. The molecule has 1 aliphatic rings. The Labute approximate surface area is 130 Å². The van der Waals surface area contributed by atoms with Crippen molar-refractivity contribution in [3.8, 4) is 0 Å². The van der Waals surface area contributed by atoms with Gasteiger partial charge in [0.1, 0.15) is 12.6 Å². The molecule has 0 aliphatic carbocycles. The number of ether oxygens (including phenoxy) is 1. The van der Waals surface area contributed by atoms with Crippen molar-refractivity contribution in [3.63, 3.8) is 0 Å². The molecule has 1 aromatic carbocycles. The van der Waals surface area contributed by atoms with Crippen molar-refractivity contribution < 1.29 is 19.4 Å². The molecule has 1 amide bonds. The van der Waals surface area contributed by atoms with E-state index in [0.29, 0.717) is 0 Å². The molecule has 1 unspecified atom stereocenters. The third-order valence-corrected chi connectivity index (χ3v) is 3.99. The summed E-state index contributed by atoms with van der Waals surface area (Å²) in [5.41, 5.74) is 0.865. The number of benzene rings is 1. The Morgan fingerprint density at radius 1 is 1.32 bits per heavy atom. The highest BCUT2D eigenvalue weighted by molar-refractivity contribution is 5.80. The van der Waals surface area contributed by atoms with Crippen LogP contribution in [0.5, 0.6) is 0 Å². The molecular formula is C16H22N2O4. The van der Waals surface area contributed by atoms with Gasteiger partial charge in [0.2, 0.25) is 0 Å². The first-order valence-electron chi connectivity index (χ1n) is 7.45. The Bertz CT molecular complexity index is 498. The average Bonchev–Trinajstić information content (AvgIpc) is 2.52. The summed E-state index contributed by atoms with van der Waals surface area (Å²) in [5, 5.41) is 11.8. The van der Waals surface area contributed by atoms with E-state index in [2.05, 4.69) is 10.2 Å². The van der Waals surface area contributed by atoms with Crippen LogP contribution in [0.15, 0.2) is 30.3 Å². The van der Waals surface area contributed by atoms with E-state index in [4.69, 9.17) is 4.74 Å². The number of alkyl carbamates (subject to hydrolysis) is 1. The van der Waals surface area contributed by atoms with Gasteiger partial charge in [-0.2, -0.15) is 0 Å². The standard InChI is InChI=1S/C16H22N2O4/c1-18-9-7-13(8-10-18)14(15(19)20)17-16(21)22-11-12-5-3-2-4-6-12/h2-6,13-14H,7-11H2,1H3,(H,17,21)(H,19,20). The molecule has 2 rings (SSSR count).